The first kappa shape index (κ1) is 12.9. The van der Waals surface area contributed by atoms with Crippen molar-refractivity contribution in [3.05, 3.63) is 29.8 Å². The summed E-state index contributed by atoms with van der Waals surface area (Å²) in [6, 6.07) is 6.89. The van der Waals surface area contributed by atoms with Gasteiger partial charge < -0.3 is 15.4 Å². The van der Waals surface area contributed by atoms with E-state index < -0.39 is 6.04 Å². The number of nitrogens with two attached hydrogens (primary N) is 1. The van der Waals surface area contributed by atoms with Crippen molar-refractivity contribution in [1.82, 2.24) is 4.90 Å². The second kappa shape index (κ2) is 5.87. The molecule has 4 nitrogen and oxygen atoms in total. The maximum Gasteiger partial charge on any atom is 0.244 e. The van der Waals surface area contributed by atoms with E-state index >= 15 is 0 Å². The Kier molecular flexibility index (Phi) is 4.20. The zero-order valence-electron chi connectivity index (χ0n) is 10.8. The molecule has 1 amide bonds. The Balaban J connectivity index is 2.03. The smallest absolute Gasteiger partial charge is 0.244 e. The Bertz CT molecular complexity index is 397. The Hall–Kier alpha value is -1.55. The van der Waals surface area contributed by atoms with Crippen LogP contribution in [0.4, 0.5) is 0 Å². The molecule has 4 heteroatoms. The van der Waals surface area contributed by atoms with Crippen LogP contribution >= 0.6 is 0 Å². The van der Waals surface area contributed by atoms with Gasteiger partial charge in [0.15, 0.2) is 0 Å². The van der Waals surface area contributed by atoms with E-state index in [0.29, 0.717) is 6.61 Å². The number of ether oxygens (including phenoxy) is 1. The zero-order chi connectivity index (χ0) is 13.0. The molecule has 0 aliphatic carbocycles. The van der Waals surface area contributed by atoms with Crippen LogP contribution in [0.25, 0.3) is 0 Å². The predicted octanol–water partition coefficient (Wildman–Crippen LogP) is 1.71. The van der Waals surface area contributed by atoms with Gasteiger partial charge in [0.25, 0.3) is 0 Å². The number of hydrogen-bond donors (Lipinski definition) is 1. The van der Waals surface area contributed by atoms with Crippen LogP contribution in [-0.2, 0) is 4.79 Å². The summed E-state index contributed by atoms with van der Waals surface area (Å²) in [5.74, 6) is 0.832. The third-order valence-electron chi connectivity index (χ3n) is 3.23. The minimum atomic E-state index is -0.557. The van der Waals surface area contributed by atoms with Gasteiger partial charge in [-0.1, -0.05) is 12.1 Å². The molecule has 1 saturated heterocycles. The van der Waals surface area contributed by atoms with Crippen LogP contribution in [0, 0.1) is 0 Å². The highest BCUT2D eigenvalue weighted by molar-refractivity contribution is 5.83. The van der Waals surface area contributed by atoms with Gasteiger partial charge in [-0.05, 0) is 37.5 Å². The minimum absolute atomic E-state index is 0.0247. The van der Waals surface area contributed by atoms with E-state index in [4.69, 9.17) is 10.5 Å². The molecule has 0 radical (unpaired) electrons. The SMILES string of the molecule is CCOc1ccc(C(N)C(=O)N2CCCC2)cc1. The van der Waals surface area contributed by atoms with Gasteiger partial charge in [0.05, 0.1) is 6.61 Å². The van der Waals surface area contributed by atoms with E-state index in [-0.39, 0.29) is 5.91 Å². The summed E-state index contributed by atoms with van der Waals surface area (Å²) in [4.78, 5) is 14.0. The average Bonchev–Trinajstić information content (AvgIpc) is 2.92. The third-order valence-corrected chi connectivity index (χ3v) is 3.23. The molecule has 1 heterocycles. The molecule has 1 aromatic rings. The molecule has 1 atom stereocenters. The van der Waals surface area contributed by atoms with Gasteiger partial charge >= 0.3 is 0 Å². The van der Waals surface area contributed by atoms with Crippen molar-refractivity contribution in [2.45, 2.75) is 25.8 Å². The molecule has 18 heavy (non-hydrogen) atoms. The highest BCUT2D eigenvalue weighted by Crippen LogP contribution is 2.20. The Morgan fingerprint density at radius 1 is 1.33 bits per heavy atom. The van der Waals surface area contributed by atoms with E-state index in [0.717, 1.165) is 37.2 Å². The molecule has 1 aliphatic heterocycles. The summed E-state index contributed by atoms with van der Waals surface area (Å²) in [5.41, 5.74) is 6.85. The molecular formula is C14H20N2O2. The first-order chi connectivity index (χ1) is 8.72. The molecule has 0 aromatic heterocycles. The van der Waals surface area contributed by atoms with E-state index in [1.807, 2.05) is 36.1 Å². The average molecular weight is 248 g/mol. The van der Waals surface area contributed by atoms with Gasteiger partial charge in [-0.25, -0.2) is 0 Å². The van der Waals surface area contributed by atoms with Crippen molar-refractivity contribution < 1.29 is 9.53 Å². The van der Waals surface area contributed by atoms with Crippen LogP contribution < -0.4 is 10.5 Å². The first-order valence-electron chi connectivity index (χ1n) is 6.49. The van der Waals surface area contributed by atoms with Crippen LogP contribution in [0.1, 0.15) is 31.4 Å². The van der Waals surface area contributed by atoms with E-state index in [1.54, 1.807) is 0 Å². The summed E-state index contributed by atoms with van der Waals surface area (Å²) >= 11 is 0. The van der Waals surface area contributed by atoms with Gasteiger partial charge in [-0.15, -0.1) is 0 Å². The van der Waals surface area contributed by atoms with Crippen molar-refractivity contribution in [2.75, 3.05) is 19.7 Å². The molecule has 98 valence electrons. The quantitative estimate of drug-likeness (QED) is 0.882. The van der Waals surface area contributed by atoms with Gasteiger partial charge in [0.1, 0.15) is 11.8 Å². The number of benzene rings is 1. The number of likely N-dealkylation sites (tertiary alicyclic amines) is 1. The molecule has 2 N–H and O–H groups in total. The van der Waals surface area contributed by atoms with Gasteiger partial charge in [0, 0.05) is 13.1 Å². The maximum absolute atomic E-state index is 12.1. The molecule has 1 fully saturated rings. The Morgan fingerprint density at radius 3 is 2.50 bits per heavy atom. The van der Waals surface area contributed by atoms with Crippen molar-refractivity contribution in [2.24, 2.45) is 5.73 Å². The third kappa shape index (κ3) is 2.82. The summed E-state index contributed by atoms with van der Waals surface area (Å²) in [6.07, 6.45) is 2.17. The van der Waals surface area contributed by atoms with Crippen molar-refractivity contribution >= 4 is 5.91 Å². The normalized spacial score (nSPS) is 16.7. The zero-order valence-corrected chi connectivity index (χ0v) is 10.8. The number of rotatable bonds is 4. The molecule has 1 aromatic carbocycles. The summed E-state index contributed by atoms with van der Waals surface area (Å²) in [6.45, 7) is 4.25. The second-order valence-corrected chi connectivity index (χ2v) is 4.51. The fourth-order valence-electron chi connectivity index (χ4n) is 2.21. The predicted molar refractivity (Wildman–Crippen MR) is 70.4 cm³/mol. The lowest BCUT2D eigenvalue weighted by molar-refractivity contribution is -0.131. The number of carbonyl (C=O) groups is 1. The number of hydrogen-bond acceptors (Lipinski definition) is 3. The van der Waals surface area contributed by atoms with Gasteiger partial charge in [-0.2, -0.15) is 0 Å². The lowest BCUT2D eigenvalue weighted by Gasteiger charge is -2.20. The van der Waals surface area contributed by atoms with Crippen molar-refractivity contribution in [3.8, 4) is 5.75 Å². The second-order valence-electron chi connectivity index (χ2n) is 4.51. The summed E-state index contributed by atoms with van der Waals surface area (Å²) in [7, 11) is 0. The molecule has 0 spiro atoms. The Labute approximate surface area is 108 Å². The number of carbonyl (C=O) groups excluding carboxylic acids is 1. The van der Waals surface area contributed by atoms with Crippen LogP contribution in [0.3, 0.4) is 0 Å². The molecule has 0 bridgehead atoms. The van der Waals surface area contributed by atoms with E-state index in [9.17, 15) is 4.79 Å². The van der Waals surface area contributed by atoms with Crippen molar-refractivity contribution in [3.63, 3.8) is 0 Å². The lowest BCUT2D eigenvalue weighted by atomic mass is 10.1. The lowest BCUT2D eigenvalue weighted by Crippen LogP contribution is -2.36. The van der Waals surface area contributed by atoms with E-state index in [2.05, 4.69) is 0 Å². The number of amides is 1. The van der Waals surface area contributed by atoms with E-state index in [1.165, 1.54) is 0 Å². The molecule has 0 saturated carbocycles. The molecule has 1 aliphatic rings. The monoisotopic (exact) mass is 248 g/mol. The van der Waals surface area contributed by atoms with Gasteiger partial charge in [-0.3, -0.25) is 4.79 Å². The maximum atomic E-state index is 12.1. The minimum Gasteiger partial charge on any atom is -0.494 e. The fourth-order valence-corrected chi connectivity index (χ4v) is 2.21. The number of nitrogens with zero attached hydrogens (tertiary/aromatic N) is 1. The van der Waals surface area contributed by atoms with Gasteiger partial charge in [0.2, 0.25) is 5.91 Å². The standard InChI is InChI=1S/C14H20N2O2/c1-2-18-12-7-5-11(6-8-12)13(15)14(17)16-9-3-4-10-16/h5-8,13H,2-4,9-10,15H2,1H3. The Morgan fingerprint density at radius 2 is 1.94 bits per heavy atom. The highest BCUT2D eigenvalue weighted by Gasteiger charge is 2.24. The molecular weight excluding hydrogens is 228 g/mol. The van der Waals surface area contributed by atoms with Crippen LogP contribution in [0.15, 0.2) is 24.3 Å². The van der Waals surface area contributed by atoms with Crippen molar-refractivity contribution in [1.29, 1.82) is 0 Å². The topological polar surface area (TPSA) is 55.6 Å². The largest absolute Gasteiger partial charge is 0.494 e. The molecule has 1 unspecified atom stereocenters. The van der Waals surface area contributed by atoms with Crippen LogP contribution in [0.2, 0.25) is 0 Å². The summed E-state index contributed by atoms with van der Waals surface area (Å²) < 4.78 is 5.36. The molecule has 2 rings (SSSR count). The first-order valence-corrected chi connectivity index (χ1v) is 6.49. The highest BCUT2D eigenvalue weighted by atomic mass is 16.5. The van der Waals surface area contributed by atoms with Crippen LogP contribution in [0.5, 0.6) is 5.75 Å². The fraction of sp³-hybridized carbons (Fsp3) is 0.500. The van der Waals surface area contributed by atoms with Crippen LogP contribution in [-0.4, -0.2) is 30.5 Å². The summed E-state index contributed by atoms with van der Waals surface area (Å²) in [5, 5.41) is 0.